The van der Waals surface area contributed by atoms with Crippen molar-refractivity contribution >= 4 is 20.0 Å². The first-order valence-electron chi connectivity index (χ1n) is 7.58. The minimum Gasteiger partial charge on any atom is -0.493 e. The van der Waals surface area contributed by atoms with Crippen LogP contribution in [0.1, 0.15) is 12.5 Å². The van der Waals surface area contributed by atoms with E-state index in [0.717, 1.165) is 11.3 Å². The van der Waals surface area contributed by atoms with Crippen molar-refractivity contribution in [2.24, 2.45) is 0 Å². The molecular formula is C14H20N2O5S2. The Morgan fingerprint density at radius 1 is 1.04 bits per heavy atom. The van der Waals surface area contributed by atoms with E-state index in [0.29, 0.717) is 13.0 Å². The molecule has 0 unspecified atom stereocenters. The third kappa shape index (κ3) is 3.10. The normalized spacial score (nSPS) is 20.2. The minimum absolute atomic E-state index is 0.0323. The molecule has 0 N–H and O–H groups in total. The third-order valence-electron chi connectivity index (χ3n) is 4.25. The molecule has 0 amide bonds. The summed E-state index contributed by atoms with van der Waals surface area (Å²) in [5.41, 5.74) is 0.901. The van der Waals surface area contributed by atoms with E-state index in [9.17, 15) is 16.8 Å². The summed E-state index contributed by atoms with van der Waals surface area (Å²) in [7, 11) is -6.87. The van der Waals surface area contributed by atoms with Gasteiger partial charge < -0.3 is 4.74 Å². The summed E-state index contributed by atoms with van der Waals surface area (Å²) in [4.78, 5) is 0.244. The number of ether oxygens (including phenoxy) is 1. The summed E-state index contributed by atoms with van der Waals surface area (Å²) in [6.07, 6.45) is 0.710. The van der Waals surface area contributed by atoms with Crippen molar-refractivity contribution in [3.8, 4) is 5.75 Å². The summed E-state index contributed by atoms with van der Waals surface area (Å²) in [6, 6.07) is 4.90. The zero-order chi connectivity index (χ0) is 16.7. The van der Waals surface area contributed by atoms with Crippen molar-refractivity contribution in [1.82, 2.24) is 8.61 Å². The number of rotatable bonds is 4. The highest BCUT2D eigenvalue weighted by Crippen LogP contribution is 2.29. The molecule has 0 atom stereocenters. The molecule has 7 nitrogen and oxygen atoms in total. The summed E-state index contributed by atoms with van der Waals surface area (Å²) in [5, 5.41) is 0. The van der Waals surface area contributed by atoms with Crippen molar-refractivity contribution in [2.75, 3.05) is 38.5 Å². The fraction of sp³-hybridized carbons (Fsp3) is 0.571. The van der Waals surface area contributed by atoms with Gasteiger partial charge in [-0.3, -0.25) is 0 Å². The molecule has 0 saturated carbocycles. The van der Waals surface area contributed by atoms with Gasteiger partial charge in [0.25, 0.3) is 0 Å². The summed E-state index contributed by atoms with van der Waals surface area (Å²) >= 11 is 0. The van der Waals surface area contributed by atoms with Crippen LogP contribution in [-0.4, -0.2) is 64.0 Å². The molecule has 0 spiro atoms. The van der Waals surface area contributed by atoms with E-state index in [1.54, 1.807) is 25.1 Å². The quantitative estimate of drug-likeness (QED) is 0.770. The third-order valence-corrected chi connectivity index (χ3v) is 8.03. The molecule has 1 saturated heterocycles. The standard InChI is InChI=1S/C14H20N2O5S2/c1-2-22(17,18)15-6-8-16(9-7-15)23(19,20)13-3-4-14-12(11-13)5-10-21-14/h3-4,11H,2,5-10H2,1H3. The maximum atomic E-state index is 12.7. The SMILES string of the molecule is CCS(=O)(=O)N1CCN(S(=O)(=O)c2ccc3c(c2)CCO3)CC1. The molecule has 0 aliphatic carbocycles. The minimum atomic E-state index is -3.60. The van der Waals surface area contributed by atoms with Crippen LogP contribution in [0.2, 0.25) is 0 Å². The van der Waals surface area contributed by atoms with Crippen LogP contribution in [0, 0.1) is 0 Å². The van der Waals surface area contributed by atoms with Crippen molar-refractivity contribution in [1.29, 1.82) is 0 Å². The van der Waals surface area contributed by atoms with Crippen LogP contribution < -0.4 is 4.74 Å². The van der Waals surface area contributed by atoms with E-state index in [2.05, 4.69) is 0 Å². The Balaban J connectivity index is 1.77. The predicted octanol–water partition coefficient (Wildman–Crippen LogP) is 0.278. The van der Waals surface area contributed by atoms with Crippen LogP contribution in [-0.2, 0) is 26.5 Å². The Labute approximate surface area is 136 Å². The lowest BCUT2D eigenvalue weighted by molar-refractivity contribution is 0.273. The van der Waals surface area contributed by atoms with Crippen molar-refractivity contribution in [3.05, 3.63) is 23.8 Å². The molecule has 23 heavy (non-hydrogen) atoms. The largest absolute Gasteiger partial charge is 0.493 e. The van der Waals surface area contributed by atoms with Gasteiger partial charge in [0, 0.05) is 32.6 Å². The number of fused-ring (bicyclic) bond motifs is 1. The predicted molar refractivity (Wildman–Crippen MR) is 85.4 cm³/mol. The summed E-state index contributed by atoms with van der Waals surface area (Å²) in [6.45, 7) is 2.91. The van der Waals surface area contributed by atoms with Crippen molar-refractivity contribution in [2.45, 2.75) is 18.2 Å². The summed E-state index contributed by atoms with van der Waals surface area (Å²) in [5.74, 6) is 0.771. The van der Waals surface area contributed by atoms with Gasteiger partial charge in [-0.1, -0.05) is 0 Å². The Kier molecular flexibility index (Phi) is 4.39. The fourth-order valence-electron chi connectivity index (χ4n) is 2.84. The van der Waals surface area contributed by atoms with E-state index in [4.69, 9.17) is 4.74 Å². The van der Waals surface area contributed by atoms with Crippen LogP contribution >= 0.6 is 0 Å². The first-order chi connectivity index (χ1) is 10.8. The van der Waals surface area contributed by atoms with Gasteiger partial charge in [-0.2, -0.15) is 8.61 Å². The van der Waals surface area contributed by atoms with Crippen molar-refractivity contribution < 1.29 is 21.6 Å². The second kappa shape index (κ2) is 6.04. The molecule has 2 aliphatic heterocycles. The Hall–Kier alpha value is -1.16. The first-order valence-corrected chi connectivity index (χ1v) is 10.6. The van der Waals surface area contributed by atoms with Gasteiger partial charge >= 0.3 is 0 Å². The Bertz CT molecular complexity index is 796. The van der Waals surface area contributed by atoms with Gasteiger partial charge in [0.1, 0.15) is 5.75 Å². The second-order valence-corrected chi connectivity index (χ2v) is 9.77. The molecule has 3 rings (SSSR count). The van der Waals surface area contributed by atoms with E-state index in [1.165, 1.54) is 8.61 Å². The number of sulfonamides is 2. The van der Waals surface area contributed by atoms with Gasteiger partial charge in [-0.05, 0) is 30.7 Å². The van der Waals surface area contributed by atoms with E-state index in [-0.39, 0.29) is 36.8 Å². The fourth-order valence-corrected chi connectivity index (χ4v) is 5.40. The smallest absolute Gasteiger partial charge is 0.243 e. The molecule has 0 radical (unpaired) electrons. The molecular weight excluding hydrogens is 340 g/mol. The van der Waals surface area contributed by atoms with Crippen molar-refractivity contribution in [3.63, 3.8) is 0 Å². The highest BCUT2D eigenvalue weighted by atomic mass is 32.2. The Morgan fingerprint density at radius 3 is 2.35 bits per heavy atom. The molecule has 128 valence electrons. The van der Waals surface area contributed by atoms with E-state index < -0.39 is 20.0 Å². The van der Waals surface area contributed by atoms with E-state index >= 15 is 0 Å². The lowest BCUT2D eigenvalue weighted by Gasteiger charge is -2.33. The zero-order valence-corrected chi connectivity index (χ0v) is 14.6. The maximum absolute atomic E-state index is 12.7. The molecule has 1 aromatic carbocycles. The molecule has 2 heterocycles. The summed E-state index contributed by atoms with van der Waals surface area (Å²) < 4.78 is 57.3. The maximum Gasteiger partial charge on any atom is 0.243 e. The van der Waals surface area contributed by atoms with Gasteiger partial charge in [-0.25, -0.2) is 16.8 Å². The topological polar surface area (TPSA) is 84.0 Å². The van der Waals surface area contributed by atoms with Crippen LogP contribution in [0.3, 0.4) is 0 Å². The average Bonchev–Trinajstić information content (AvgIpc) is 3.02. The van der Waals surface area contributed by atoms with Crippen LogP contribution in [0.4, 0.5) is 0 Å². The average molecular weight is 360 g/mol. The van der Waals surface area contributed by atoms with Gasteiger partial charge in [0.15, 0.2) is 0 Å². The number of hydrogen-bond donors (Lipinski definition) is 0. The lowest BCUT2D eigenvalue weighted by Crippen LogP contribution is -2.50. The monoisotopic (exact) mass is 360 g/mol. The van der Waals surface area contributed by atoms with Crippen LogP contribution in [0.25, 0.3) is 0 Å². The van der Waals surface area contributed by atoms with Gasteiger partial charge in [-0.15, -0.1) is 0 Å². The number of hydrogen-bond acceptors (Lipinski definition) is 5. The van der Waals surface area contributed by atoms with Gasteiger partial charge in [0.2, 0.25) is 20.0 Å². The number of nitrogens with zero attached hydrogens (tertiary/aromatic N) is 2. The Morgan fingerprint density at radius 2 is 1.70 bits per heavy atom. The highest BCUT2D eigenvalue weighted by Gasteiger charge is 2.32. The lowest BCUT2D eigenvalue weighted by atomic mass is 10.2. The van der Waals surface area contributed by atoms with Crippen LogP contribution in [0.15, 0.2) is 23.1 Å². The second-order valence-electron chi connectivity index (χ2n) is 5.57. The highest BCUT2D eigenvalue weighted by molar-refractivity contribution is 7.89. The van der Waals surface area contributed by atoms with Gasteiger partial charge in [0.05, 0.1) is 17.3 Å². The molecule has 0 bridgehead atoms. The first kappa shape index (κ1) is 16.7. The number of piperazine rings is 1. The number of benzene rings is 1. The molecule has 1 aromatic rings. The zero-order valence-electron chi connectivity index (χ0n) is 12.9. The molecule has 1 fully saturated rings. The molecule has 0 aromatic heterocycles. The molecule has 2 aliphatic rings. The molecule has 9 heteroatoms. The van der Waals surface area contributed by atoms with Crippen LogP contribution in [0.5, 0.6) is 5.75 Å². The van der Waals surface area contributed by atoms with E-state index in [1.807, 2.05) is 0 Å².